The van der Waals surface area contributed by atoms with E-state index >= 15 is 0 Å². The number of pyridine rings is 1. The highest BCUT2D eigenvalue weighted by atomic mass is 16.3. The lowest BCUT2D eigenvalue weighted by molar-refractivity contribution is 0.0115. The van der Waals surface area contributed by atoms with Crippen molar-refractivity contribution in [2.75, 3.05) is 19.3 Å². The first-order chi connectivity index (χ1) is 7.56. The fraction of sp³-hybridized carbons (Fsp3) is 0.545. The number of nitrogens with one attached hydrogen (secondary N) is 1. The zero-order chi connectivity index (χ0) is 12.1. The molecule has 0 saturated heterocycles. The Labute approximate surface area is 95.3 Å². The van der Waals surface area contributed by atoms with E-state index in [4.69, 9.17) is 5.73 Å². The average Bonchev–Trinajstić information content (AvgIpc) is 2.28. The maximum Gasteiger partial charge on any atom is 0.122 e. The van der Waals surface area contributed by atoms with Crippen LogP contribution in [0.2, 0.25) is 0 Å². The Bertz CT molecular complexity index is 344. The molecular weight excluding hydrogens is 206 g/mol. The van der Waals surface area contributed by atoms with Crippen LogP contribution in [-0.4, -0.2) is 34.9 Å². The molecule has 2 unspecified atom stereocenters. The van der Waals surface area contributed by atoms with Gasteiger partial charge in [0.25, 0.3) is 0 Å². The second kappa shape index (κ2) is 5.79. The molecule has 0 aliphatic rings. The molecule has 1 aromatic heterocycles. The Morgan fingerprint density at radius 2 is 2.19 bits per heavy atom. The molecule has 5 nitrogen and oxygen atoms in total. The van der Waals surface area contributed by atoms with Crippen LogP contribution in [0.1, 0.15) is 23.8 Å². The summed E-state index contributed by atoms with van der Waals surface area (Å²) >= 11 is 0. The number of nitrogen functional groups attached to an aromatic ring is 1. The molecule has 0 spiro atoms. The number of hydrogen-bond acceptors (Lipinski definition) is 5. The molecule has 0 aliphatic carbocycles. The van der Waals surface area contributed by atoms with Gasteiger partial charge in [0, 0.05) is 0 Å². The molecule has 90 valence electrons. The molecule has 0 amide bonds. The maximum absolute atomic E-state index is 9.85. The van der Waals surface area contributed by atoms with Crippen molar-refractivity contribution >= 4 is 5.69 Å². The van der Waals surface area contributed by atoms with Crippen molar-refractivity contribution in [1.82, 2.24) is 10.3 Å². The zero-order valence-electron chi connectivity index (χ0n) is 9.64. The highest BCUT2D eigenvalue weighted by Crippen LogP contribution is 2.19. The normalized spacial score (nSPS) is 14.8. The average molecular weight is 225 g/mol. The Morgan fingerprint density at radius 1 is 1.50 bits per heavy atom. The SMILES string of the molecule is CNCCC(O)C(O)c1cc(C)c(N)cn1. The fourth-order valence-corrected chi connectivity index (χ4v) is 1.40. The van der Waals surface area contributed by atoms with Gasteiger partial charge in [-0.25, -0.2) is 0 Å². The summed E-state index contributed by atoms with van der Waals surface area (Å²) in [6.07, 6.45) is 0.192. The Hall–Kier alpha value is -1.17. The van der Waals surface area contributed by atoms with Gasteiger partial charge in [0.2, 0.25) is 0 Å². The molecule has 0 bridgehead atoms. The summed E-state index contributed by atoms with van der Waals surface area (Å²) in [7, 11) is 1.80. The van der Waals surface area contributed by atoms with Crippen molar-refractivity contribution in [2.45, 2.75) is 25.6 Å². The minimum absolute atomic E-state index is 0.454. The third-order valence-electron chi connectivity index (χ3n) is 2.53. The standard InChI is InChI=1S/C11H19N3O2/c1-7-5-9(14-6-8(7)12)11(16)10(15)3-4-13-2/h5-6,10-11,13,15-16H,3-4,12H2,1-2H3. The third-order valence-corrected chi connectivity index (χ3v) is 2.53. The summed E-state index contributed by atoms with van der Waals surface area (Å²) in [5.41, 5.74) is 7.52. The van der Waals surface area contributed by atoms with E-state index in [1.54, 1.807) is 13.1 Å². The first-order valence-corrected chi connectivity index (χ1v) is 5.29. The van der Waals surface area contributed by atoms with Gasteiger partial charge in [0.1, 0.15) is 6.10 Å². The number of aliphatic hydroxyl groups is 2. The Balaban J connectivity index is 2.71. The van der Waals surface area contributed by atoms with Crippen LogP contribution in [0.5, 0.6) is 0 Å². The summed E-state index contributed by atoms with van der Waals surface area (Å²) < 4.78 is 0. The molecule has 0 radical (unpaired) electrons. The van der Waals surface area contributed by atoms with Crippen LogP contribution < -0.4 is 11.1 Å². The number of hydrogen-bond donors (Lipinski definition) is 4. The molecule has 1 aromatic rings. The Morgan fingerprint density at radius 3 is 2.75 bits per heavy atom. The molecule has 0 aliphatic heterocycles. The lowest BCUT2D eigenvalue weighted by atomic mass is 10.1. The van der Waals surface area contributed by atoms with Gasteiger partial charge in [-0.2, -0.15) is 0 Å². The van der Waals surface area contributed by atoms with Gasteiger partial charge in [-0.3, -0.25) is 4.98 Å². The van der Waals surface area contributed by atoms with Gasteiger partial charge in [0.05, 0.1) is 23.7 Å². The van der Waals surface area contributed by atoms with Gasteiger partial charge in [-0.1, -0.05) is 0 Å². The van der Waals surface area contributed by atoms with Crippen molar-refractivity contribution in [2.24, 2.45) is 0 Å². The molecular formula is C11H19N3O2. The molecule has 1 rings (SSSR count). The van der Waals surface area contributed by atoms with Gasteiger partial charge in [0.15, 0.2) is 0 Å². The first kappa shape index (κ1) is 12.9. The number of aryl methyl sites for hydroxylation is 1. The first-order valence-electron chi connectivity index (χ1n) is 5.29. The van der Waals surface area contributed by atoms with Crippen molar-refractivity contribution in [1.29, 1.82) is 0 Å². The van der Waals surface area contributed by atoms with Gasteiger partial charge in [-0.15, -0.1) is 0 Å². The molecule has 0 aromatic carbocycles. The topological polar surface area (TPSA) is 91.4 Å². The number of anilines is 1. The minimum Gasteiger partial charge on any atom is -0.397 e. The number of aromatic nitrogens is 1. The smallest absolute Gasteiger partial charge is 0.122 e. The van der Waals surface area contributed by atoms with Crippen LogP contribution in [-0.2, 0) is 0 Å². The van der Waals surface area contributed by atoms with Gasteiger partial charge >= 0.3 is 0 Å². The minimum atomic E-state index is -0.965. The summed E-state index contributed by atoms with van der Waals surface area (Å²) in [5, 5.41) is 22.5. The molecule has 2 atom stereocenters. The van der Waals surface area contributed by atoms with E-state index in [0.717, 1.165) is 5.56 Å². The number of nitrogens with zero attached hydrogens (tertiary/aromatic N) is 1. The van der Waals surface area contributed by atoms with E-state index in [-0.39, 0.29) is 0 Å². The van der Waals surface area contributed by atoms with Crippen LogP contribution in [0, 0.1) is 6.92 Å². The van der Waals surface area contributed by atoms with Crippen molar-refractivity contribution in [3.63, 3.8) is 0 Å². The van der Waals surface area contributed by atoms with Crippen LogP contribution in [0.3, 0.4) is 0 Å². The lowest BCUT2D eigenvalue weighted by Crippen LogP contribution is -2.24. The van der Waals surface area contributed by atoms with Crippen LogP contribution >= 0.6 is 0 Å². The zero-order valence-corrected chi connectivity index (χ0v) is 9.64. The molecule has 5 N–H and O–H groups in total. The maximum atomic E-state index is 9.85. The van der Waals surface area contributed by atoms with Crippen molar-refractivity contribution in [3.8, 4) is 0 Å². The number of nitrogens with two attached hydrogens (primary N) is 1. The summed E-state index contributed by atoms with van der Waals surface area (Å²) in [6, 6.07) is 1.70. The predicted molar refractivity (Wildman–Crippen MR) is 62.9 cm³/mol. The fourth-order valence-electron chi connectivity index (χ4n) is 1.40. The summed E-state index contributed by atoms with van der Waals surface area (Å²) in [6.45, 7) is 2.49. The van der Waals surface area contributed by atoms with Crippen LogP contribution in [0.25, 0.3) is 0 Å². The van der Waals surface area contributed by atoms with E-state index in [0.29, 0.717) is 24.3 Å². The van der Waals surface area contributed by atoms with E-state index in [9.17, 15) is 10.2 Å². The van der Waals surface area contributed by atoms with Crippen LogP contribution in [0.4, 0.5) is 5.69 Å². The summed E-state index contributed by atoms with van der Waals surface area (Å²) in [4.78, 5) is 4.01. The number of rotatable bonds is 5. The highest BCUT2D eigenvalue weighted by Gasteiger charge is 2.19. The van der Waals surface area contributed by atoms with E-state index in [2.05, 4.69) is 10.3 Å². The second-order valence-electron chi connectivity index (χ2n) is 3.87. The van der Waals surface area contributed by atoms with E-state index < -0.39 is 12.2 Å². The lowest BCUT2D eigenvalue weighted by Gasteiger charge is -2.17. The molecule has 16 heavy (non-hydrogen) atoms. The van der Waals surface area contributed by atoms with Crippen molar-refractivity contribution in [3.05, 3.63) is 23.5 Å². The highest BCUT2D eigenvalue weighted by molar-refractivity contribution is 5.44. The largest absolute Gasteiger partial charge is 0.397 e. The van der Waals surface area contributed by atoms with Crippen molar-refractivity contribution < 1.29 is 10.2 Å². The molecule has 0 saturated carbocycles. The van der Waals surface area contributed by atoms with Gasteiger partial charge in [-0.05, 0) is 38.6 Å². The monoisotopic (exact) mass is 225 g/mol. The third kappa shape index (κ3) is 3.16. The molecule has 5 heteroatoms. The van der Waals surface area contributed by atoms with Crippen LogP contribution in [0.15, 0.2) is 12.3 Å². The number of aliphatic hydroxyl groups excluding tert-OH is 2. The quantitative estimate of drug-likeness (QED) is 0.565. The Kier molecular flexibility index (Phi) is 4.67. The molecule has 1 heterocycles. The predicted octanol–water partition coefficient (Wildman–Crippen LogP) is -0.0240. The van der Waals surface area contributed by atoms with E-state index in [1.807, 2.05) is 6.92 Å². The summed E-state index contributed by atoms with van der Waals surface area (Å²) in [5.74, 6) is 0. The van der Waals surface area contributed by atoms with Gasteiger partial charge < -0.3 is 21.3 Å². The van der Waals surface area contributed by atoms with E-state index in [1.165, 1.54) is 6.20 Å². The molecule has 0 fully saturated rings. The second-order valence-corrected chi connectivity index (χ2v) is 3.87.